The molecule has 0 unspecified atom stereocenters. The van der Waals surface area contributed by atoms with Crippen molar-refractivity contribution >= 4 is 27.2 Å². The number of carbonyl (C=O) groups excluding carboxylic acids is 1. The standard InChI is InChI=1S/C15H8F3NOS/c16-15(17,18)11-5-6-19-8-10(11)14(20)13-7-9-3-1-2-4-12(9)21-13/h1-8H. The number of thiophene rings is 1. The van der Waals surface area contributed by atoms with Crippen LogP contribution in [0, 0.1) is 0 Å². The molecule has 0 aliphatic rings. The van der Waals surface area contributed by atoms with E-state index < -0.39 is 23.1 Å². The minimum Gasteiger partial charge on any atom is -0.288 e. The number of halogens is 3. The van der Waals surface area contributed by atoms with Crippen LogP contribution in [0.2, 0.25) is 0 Å². The van der Waals surface area contributed by atoms with Crippen molar-refractivity contribution < 1.29 is 18.0 Å². The molecule has 0 bridgehead atoms. The molecule has 3 rings (SSSR count). The van der Waals surface area contributed by atoms with Gasteiger partial charge in [-0.3, -0.25) is 9.78 Å². The quantitative estimate of drug-likeness (QED) is 0.650. The minimum atomic E-state index is -4.58. The minimum absolute atomic E-state index is 0.273. The number of rotatable bonds is 2. The molecule has 6 heteroatoms. The predicted molar refractivity (Wildman–Crippen MR) is 74.5 cm³/mol. The predicted octanol–water partition coefficient (Wildman–Crippen LogP) is 4.55. The maximum Gasteiger partial charge on any atom is 0.417 e. The Labute approximate surface area is 121 Å². The summed E-state index contributed by atoms with van der Waals surface area (Å²) in [5.41, 5.74) is -1.38. The molecule has 0 amide bonds. The van der Waals surface area contributed by atoms with E-state index in [2.05, 4.69) is 4.98 Å². The summed E-state index contributed by atoms with van der Waals surface area (Å²) in [7, 11) is 0. The molecule has 0 N–H and O–H groups in total. The zero-order valence-electron chi connectivity index (χ0n) is 10.5. The van der Waals surface area contributed by atoms with Crippen LogP contribution in [0.1, 0.15) is 20.8 Å². The first-order valence-electron chi connectivity index (χ1n) is 6.01. The summed E-state index contributed by atoms with van der Waals surface area (Å²) in [6.07, 6.45) is -2.58. The third-order valence-corrected chi connectivity index (χ3v) is 4.14. The normalized spacial score (nSPS) is 11.8. The van der Waals surface area contributed by atoms with Gasteiger partial charge in [0.25, 0.3) is 0 Å². The van der Waals surface area contributed by atoms with E-state index in [-0.39, 0.29) is 4.88 Å². The first kappa shape index (κ1) is 13.8. The lowest BCUT2D eigenvalue weighted by Gasteiger charge is -2.10. The lowest BCUT2D eigenvalue weighted by Crippen LogP contribution is -2.13. The zero-order valence-corrected chi connectivity index (χ0v) is 11.3. The molecule has 21 heavy (non-hydrogen) atoms. The van der Waals surface area contributed by atoms with Gasteiger partial charge in [0.2, 0.25) is 5.78 Å². The number of ketones is 1. The molecule has 3 aromatic rings. The van der Waals surface area contributed by atoms with Crippen molar-refractivity contribution in [3.63, 3.8) is 0 Å². The van der Waals surface area contributed by atoms with Gasteiger partial charge in [0.1, 0.15) is 0 Å². The molecule has 0 atom stereocenters. The van der Waals surface area contributed by atoms with Gasteiger partial charge in [0.05, 0.1) is 16.0 Å². The van der Waals surface area contributed by atoms with E-state index in [0.717, 1.165) is 28.5 Å². The molecule has 0 radical (unpaired) electrons. The van der Waals surface area contributed by atoms with Crippen molar-refractivity contribution in [2.24, 2.45) is 0 Å². The van der Waals surface area contributed by atoms with E-state index in [1.54, 1.807) is 6.07 Å². The van der Waals surface area contributed by atoms with Gasteiger partial charge in [-0.1, -0.05) is 18.2 Å². The van der Waals surface area contributed by atoms with Gasteiger partial charge in [0.15, 0.2) is 0 Å². The van der Waals surface area contributed by atoms with E-state index in [9.17, 15) is 18.0 Å². The van der Waals surface area contributed by atoms with Gasteiger partial charge in [-0.25, -0.2) is 0 Å². The van der Waals surface area contributed by atoms with Gasteiger partial charge in [-0.2, -0.15) is 13.2 Å². The number of benzene rings is 1. The van der Waals surface area contributed by atoms with E-state index in [4.69, 9.17) is 0 Å². The number of hydrogen-bond acceptors (Lipinski definition) is 3. The van der Waals surface area contributed by atoms with Crippen molar-refractivity contribution in [2.75, 3.05) is 0 Å². The van der Waals surface area contributed by atoms with E-state index in [1.165, 1.54) is 11.3 Å². The molecule has 0 fully saturated rings. The second-order valence-corrected chi connectivity index (χ2v) is 5.48. The Hall–Kier alpha value is -2.21. The summed E-state index contributed by atoms with van der Waals surface area (Å²) in [5.74, 6) is -0.656. The monoisotopic (exact) mass is 307 g/mol. The fourth-order valence-electron chi connectivity index (χ4n) is 2.05. The summed E-state index contributed by atoms with van der Waals surface area (Å²) in [6, 6.07) is 9.70. The van der Waals surface area contributed by atoms with Crippen LogP contribution in [-0.4, -0.2) is 10.8 Å². The Morgan fingerprint density at radius 3 is 2.62 bits per heavy atom. The van der Waals surface area contributed by atoms with E-state index in [1.807, 2.05) is 24.3 Å². The topological polar surface area (TPSA) is 30.0 Å². The Morgan fingerprint density at radius 2 is 1.90 bits per heavy atom. The fourth-order valence-corrected chi connectivity index (χ4v) is 3.07. The van der Waals surface area contributed by atoms with Crippen LogP contribution >= 0.6 is 11.3 Å². The molecular formula is C15H8F3NOS. The maximum atomic E-state index is 13.0. The SMILES string of the molecule is O=C(c1cc2ccccc2s1)c1cnccc1C(F)(F)F. The number of nitrogens with zero attached hydrogens (tertiary/aromatic N) is 1. The summed E-state index contributed by atoms with van der Waals surface area (Å²) in [4.78, 5) is 16.3. The highest BCUT2D eigenvalue weighted by Gasteiger charge is 2.35. The first-order chi connectivity index (χ1) is 9.97. The highest BCUT2D eigenvalue weighted by molar-refractivity contribution is 7.21. The lowest BCUT2D eigenvalue weighted by molar-refractivity contribution is -0.137. The summed E-state index contributed by atoms with van der Waals surface area (Å²) in [6.45, 7) is 0. The highest BCUT2D eigenvalue weighted by atomic mass is 32.1. The van der Waals surface area contributed by atoms with Crippen molar-refractivity contribution in [3.05, 3.63) is 64.8 Å². The third-order valence-electron chi connectivity index (χ3n) is 3.02. The number of fused-ring (bicyclic) bond motifs is 1. The number of hydrogen-bond donors (Lipinski definition) is 0. The van der Waals surface area contributed by atoms with Crippen LogP contribution in [0.5, 0.6) is 0 Å². The molecule has 0 saturated carbocycles. The number of aromatic nitrogens is 1. The second kappa shape index (κ2) is 4.96. The Balaban J connectivity index is 2.10. The molecule has 0 aliphatic carbocycles. The van der Waals surface area contributed by atoms with E-state index >= 15 is 0 Å². The van der Waals surface area contributed by atoms with Crippen LogP contribution in [0.15, 0.2) is 48.8 Å². The van der Waals surface area contributed by atoms with Crippen molar-refractivity contribution in [3.8, 4) is 0 Å². The molecule has 2 heterocycles. The van der Waals surface area contributed by atoms with Gasteiger partial charge in [0, 0.05) is 17.1 Å². The van der Waals surface area contributed by atoms with Gasteiger partial charge in [-0.05, 0) is 23.6 Å². The van der Waals surface area contributed by atoms with Crippen molar-refractivity contribution in [2.45, 2.75) is 6.18 Å². The van der Waals surface area contributed by atoms with Gasteiger partial charge in [-0.15, -0.1) is 11.3 Å². The summed E-state index contributed by atoms with van der Waals surface area (Å²) >= 11 is 1.17. The molecule has 2 aromatic heterocycles. The molecule has 2 nitrogen and oxygen atoms in total. The summed E-state index contributed by atoms with van der Waals surface area (Å²) in [5, 5.41) is 0.836. The number of carbonyl (C=O) groups is 1. The smallest absolute Gasteiger partial charge is 0.288 e. The van der Waals surface area contributed by atoms with E-state index in [0.29, 0.717) is 0 Å². The van der Waals surface area contributed by atoms with Crippen molar-refractivity contribution in [1.29, 1.82) is 0 Å². The third kappa shape index (κ3) is 2.54. The van der Waals surface area contributed by atoms with Gasteiger partial charge < -0.3 is 0 Å². The highest BCUT2D eigenvalue weighted by Crippen LogP contribution is 2.34. The van der Waals surface area contributed by atoms with Crippen LogP contribution < -0.4 is 0 Å². The average molecular weight is 307 g/mol. The lowest BCUT2D eigenvalue weighted by atomic mass is 10.0. The van der Waals surface area contributed by atoms with Crippen LogP contribution in [0.4, 0.5) is 13.2 Å². The van der Waals surface area contributed by atoms with Crippen LogP contribution in [-0.2, 0) is 6.18 Å². The average Bonchev–Trinajstić information content (AvgIpc) is 2.89. The molecule has 0 aliphatic heterocycles. The van der Waals surface area contributed by atoms with Crippen molar-refractivity contribution in [1.82, 2.24) is 4.98 Å². The number of alkyl halides is 3. The Kier molecular flexibility index (Phi) is 3.25. The summed E-state index contributed by atoms with van der Waals surface area (Å²) < 4.78 is 39.7. The molecule has 106 valence electrons. The molecule has 1 aromatic carbocycles. The molecule has 0 saturated heterocycles. The fraction of sp³-hybridized carbons (Fsp3) is 0.0667. The van der Waals surface area contributed by atoms with Crippen LogP contribution in [0.3, 0.4) is 0 Å². The Bertz CT molecular complexity index is 790. The Morgan fingerprint density at radius 1 is 1.14 bits per heavy atom. The molecular weight excluding hydrogens is 299 g/mol. The second-order valence-electron chi connectivity index (χ2n) is 4.40. The van der Waals surface area contributed by atoms with Crippen LogP contribution in [0.25, 0.3) is 10.1 Å². The first-order valence-corrected chi connectivity index (χ1v) is 6.83. The van der Waals surface area contributed by atoms with Gasteiger partial charge >= 0.3 is 6.18 Å². The largest absolute Gasteiger partial charge is 0.417 e. The molecule has 0 spiro atoms. The number of pyridine rings is 1. The zero-order chi connectivity index (χ0) is 15.0. The maximum absolute atomic E-state index is 13.0.